The largest absolute Gasteiger partial charge is 0.480 e. The van der Waals surface area contributed by atoms with Crippen molar-refractivity contribution in [3.8, 4) is 0 Å². The molecule has 110 valence electrons. The number of carbonyl (C=O) groups is 2. The summed E-state index contributed by atoms with van der Waals surface area (Å²) in [7, 11) is 0. The molecule has 0 aromatic carbocycles. The van der Waals surface area contributed by atoms with Crippen LogP contribution in [-0.4, -0.2) is 34.7 Å². The number of pyridine rings is 1. The van der Waals surface area contributed by atoms with E-state index < -0.39 is 23.5 Å². The first kappa shape index (κ1) is 15.9. The molecule has 0 fully saturated rings. The van der Waals surface area contributed by atoms with E-state index in [4.69, 9.17) is 5.11 Å². The predicted octanol–water partition coefficient (Wildman–Crippen LogP) is 1.42. The number of urea groups is 1. The maximum atomic E-state index is 11.7. The smallest absolute Gasteiger partial charge is 0.326 e. The van der Waals surface area contributed by atoms with E-state index in [1.54, 1.807) is 33.2 Å². The van der Waals surface area contributed by atoms with E-state index in [1.807, 2.05) is 12.1 Å². The number of aliphatic carboxylic acids is 1. The average molecular weight is 279 g/mol. The standard InChI is InChI=1S/C14H21N3O3/c1-14(2,3)11(12(18)19)17-13(20)16-8-6-10-5-4-7-15-9-10/h4-5,7,9,11H,6,8H2,1-3H3,(H,18,19)(H2,16,17,20). The molecule has 1 unspecified atom stereocenters. The number of nitrogens with zero attached hydrogens (tertiary/aromatic N) is 1. The van der Waals surface area contributed by atoms with E-state index in [0.717, 1.165) is 5.56 Å². The highest BCUT2D eigenvalue weighted by Crippen LogP contribution is 2.19. The van der Waals surface area contributed by atoms with E-state index in [2.05, 4.69) is 15.6 Å². The molecule has 6 heteroatoms. The Morgan fingerprint density at radius 1 is 1.40 bits per heavy atom. The third-order valence-corrected chi connectivity index (χ3v) is 2.81. The van der Waals surface area contributed by atoms with Gasteiger partial charge in [-0.05, 0) is 23.5 Å². The summed E-state index contributed by atoms with van der Waals surface area (Å²) in [6.45, 7) is 5.72. The van der Waals surface area contributed by atoms with Crippen molar-refractivity contribution in [2.75, 3.05) is 6.54 Å². The van der Waals surface area contributed by atoms with Gasteiger partial charge in [-0.1, -0.05) is 26.8 Å². The Morgan fingerprint density at radius 3 is 2.60 bits per heavy atom. The van der Waals surface area contributed by atoms with Crippen molar-refractivity contribution in [2.45, 2.75) is 33.2 Å². The van der Waals surface area contributed by atoms with Crippen LogP contribution in [0.1, 0.15) is 26.3 Å². The minimum atomic E-state index is -1.04. The van der Waals surface area contributed by atoms with Gasteiger partial charge < -0.3 is 15.7 Å². The first-order chi connectivity index (χ1) is 9.30. The van der Waals surface area contributed by atoms with Gasteiger partial charge in [0.25, 0.3) is 0 Å². The molecule has 0 aliphatic rings. The Hall–Kier alpha value is -2.11. The third kappa shape index (κ3) is 5.26. The second-order valence-corrected chi connectivity index (χ2v) is 5.65. The quantitative estimate of drug-likeness (QED) is 0.760. The minimum absolute atomic E-state index is 0.425. The minimum Gasteiger partial charge on any atom is -0.480 e. The zero-order valence-electron chi connectivity index (χ0n) is 12.0. The molecule has 0 saturated carbocycles. The SMILES string of the molecule is CC(C)(C)C(NC(=O)NCCc1cccnc1)C(=O)O. The predicted molar refractivity (Wildman–Crippen MR) is 75.4 cm³/mol. The third-order valence-electron chi connectivity index (χ3n) is 2.81. The van der Waals surface area contributed by atoms with Crippen molar-refractivity contribution in [1.29, 1.82) is 0 Å². The van der Waals surface area contributed by atoms with Gasteiger partial charge in [0.15, 0.2) is 0 Å². The Bertz CT molecular complexity index is 454. The van der Waals surface area contributed by atoms with Crippen LogP contribution in [0, 0.1) is 5.41 Å². The zero-order valence-corrected chi connectivity index (χ0v) is 12.0. The van der Waals surface area contributed by atoms with Gasteiger partial charge in [0.1, 0.15) is 6.04 Å². The lowest BCUT2D eigenvalue weighted by atomic mass is 9.87. The maximum absolute atomic E-state index is 11.7. The summed E-state index contributed by atoms with van der Waals surface area (Å²) in [4.78, 5) is 26.8. The molecule has 20 heavy (non-hydrogen) atoms. The average Bonchev–Trinajstić information content (AvgIpc) is 2.35. The van der Waals surface area contributed by atoms with Crippen molar-refractivity contribution < 1.29 is 14.7 Å². The van der Waals surface area contributed by atoms with Gasteiger partial charge in [-0.15, -0.1) is 0 Å². The molecule has 1 aromatic heterocycles. The van der Waals surface area contributed by atoms with Crippen LogP contribution in [0.5, 0.6) is 0 Å². The van der Waals surface area contributed by atoms with Crippen molar-refractivity contribution in [2.24, 2.45) is 5.41 Å². The van der Waals surface area contributed by atoms with E-state index in [-0.39, 0.29) is 0 Å². The molecule has 0 radical (unpaired) electrons. The number of carboxylic acids is 1. The van der Waals surface area contributed by atoms with Crippen LogP contribution in [-0.2, 0) is 11.2 Å². The van der Waals surface area contributed by atoms with Gasteiger partial charge in [-0.2, -0.15) is 0 Å². The molecule has 0 spiro atoms. The van der Waals surface area contributed by atoms with Gasteiger partial charge in [-0.3, -0.25) is 4.98 Å². The molecule has 0 aliphatic heterocycles. The summed E-state index contributed by atoms with van der Waals surface area (Å²) in [6, 6.07) is 2.34. The fourth-order valence-corrected chi connectivity index (χ4v) is 1.70. The van der Waals surface area contributed by atoms with E-state index in [1.165, 1.54) is 0 Å². The summed E-state index contributed by atoms with van der Waals surface area (Å²) in [5.74, 6) is -1.04. The number of nitrogens with one attached hydrogen (secondary N) is 2. The summed E-state index contributed by atoms with van der Waals surface area (Å²) in [6.07, 6.45) is 4.06. The molecule has 2 amide bonds. The van der Waals surface area contributed by atoms with Crippen molar-refractivity contribution >= 4 is 12.0 Å². The summed E-state index contributed by atoms with van der Waals surface area (Å²) >= 11 is 0. The van der Waals surface area contributed by atoms with Crippen molar-refractivity contribution in [3.63, 3.8) is 0 Å². The molecule has 0 bridgehead atoms. The van der Waals surface area contributed by atoms with E-state index in [9.17, 15) is 9.59 Å². The fourth-order valence-electron chi connectivity index (χ4n) is 1.70. The highest BCUT2D eigenvalue weighted by atomic mass is 16.4. The normalized spacial score (nSPS) is 12.6. The monoisotopic (exact) mass is 279 g/mol. The summed E-state index contributed by atoms with van der Waals surface area (Å²) in [5, 5.41) is 14.2. The van der Waals surface area contributed by atoms with Gasteiger partial charge in [-0.25, -0.2) is 9.59 Å². The number of rotatable bonds is 5. The topological polar surface area (TPSA) is 91.3 Å². The van der Waals surface area contributed by atoms with Crippen LogP contribution in [0.25, 0.3) is 0 Å². The van der Waals surface area contributed by atoms with Crippen LogP contribution in [0.3, 0.4) is 0 Å². The number of aromatic nitrogens is 1. The van der Waals surface area contributed by atoms with Crippen molar-refractivity contribution in [3.05, 3.63) is 30.1 Å². The summed E-state index contributed by atoms with van der Waals surface area (Å²) < 4.78 is 0. The highest BCUT2D eigenvalue weighted by molar-refractivity contribution is 5.83. The lowest BCUT2D eigenvalue weighted by Gasteiger charge is -2.27. The van der Waals surface area contributed by atoms with Crippen LogP contribution in [0.4, 0.5) is 4.79 Å². The fraction of sp³-hybridized carbons (Fsp3) is 0.500. The second kappa shape index (κ2) is 6.88. The van der Waals surface area contributed by atoms with E-state index in [0.29, 0.717) is 13.0 Å². The molecule has 1 atom stereocenters. The van der Waals surface area contributed by atoms with Gasteiger partial charge in [0.2, 0.25) is 0 Å². The molecule has 0 aliphatic carbocycles. The Labute approximate surface area is 118 Å². The number of amides is 2. The number of carbonyl (C=O) groups excluding carboxylic acids is 1. The Kier molecular flexibility index (Phi) is 5.49. The molecular formula is C14H21N3O3. The second-order valence-electron chi connectivity index (χ2n) is 5.65. The first-order valence-corrected chi connectivity index (χ1v) is 6.47. The van der Waals surface area contributed by atoms with Crippen molar-refractivity contribution in [1.82, 2.24) is 15.6 Å². The van der Waals surface area contributed by atoms with Crippen LogP contribution in [0.15, 0.2) is 24.5 Å². The molecular weight excluding hydrogens is 258 g/mol. The van der Waals surface area contributed by atoms with Gasteiger partial charge >= 0.3 is 12.0 Å². The molecule has 1 heterocycles. The zero-order chi connectivity index (χ0) is 15.2. The summed E-state index contributed by atoms with van der Waals surface area (Å²) in [5.41, 5.74) is 0.463. The molecule has 6 nitrogen and oxygen atoms in total. The number of carboxylic acid groups (broad SMARTS) is 1. The van der Waals surface area contributed by atoms with Crippen LogP contribution in [0.2, 0.25) is 0 Å². The number of hydrogen-bond acceptors (Lipinski definition) is 3. The lowest BCUT2D eigenvalue weighted by Crippen LogP contribution is -2.52. The lowest BCUT2D eigenvalue weighted by molar-refractivity contribution is -0.141. The molecule has 1 aromatic rings. The molecule has 3 N–H and O–H groups in total. The van der Waals surface area contributed by atoms with Gasteiger partial charge in [0, 0.05) is 18.9 Å². The van der Waals surface area contributed by atoms with Gasteiger partial charge in [0.05, 0.1) is 0 Å². The number of hydrogen-bond donors (Lipinski definition) is 3. The first-order valence-electron chi connectivity index (χ1n) is 6.47. The molecule has 1 rings (SSSR count). The van der Waals surface area contributed by atoms with Crippen LogP contribution >= 0.6 is 0 Å². The highest BCUT2D eigenvalue weighted by Gasteiger charge is 2.32. The van der Waals surface area contributed by atoms with E-state index >= 15 is 0 Å². The molecule has 0 saturated heterocycles. The Balaban J connectivity index is 2.41. The maximum Gasteiger partial charge on any atom is 0.326 e. The Morgan fingerprint density at radius 2 is 2.10 bits per heavy atom. The van der Waals surface area contributed by atoms with Crippen LogP contribution < -0.4 is 10.6 Å².